The molecule has 0 saturated heterocycles. The van der Waals surface area contributed by atoms with Gasteiger partial charge in [-0.05, 0) is 13.8 Å². The van der Waals surface area contributed by atoms with E-state index in [1.807, 2.05) is 13.8 Å². The fourth-order valence-electron chi connectivity index (χ4n) is 2.48. The van der Waals surface area contributed by atoms with E-state index in [1.54, 1.807) is 0 Å². The van der Waals surface area contributed by atoms with Crippen molar-refractivity contribution in [1.82, 2.24) is 0 Å². The Labute approximate surface area is 228 Å². The van der Waals surface area contributed by atoms with Crippen molar-refractivity contribution in [2.75, 3.05) is 145 Å². The number of ether oxygens (including phenoxy) is 11. The molecule has 0 amide bonds. The molecule has 0 saturated carbocycles. The molecule has 0 N–H and O–H groups in total. The summed E-state index contributed by atoms with van der Waals surface area (Å²) in [6.45, 7) is 15.3. The Bertz CT molecular complexity index is 409. The van der Waals surface area contributed by atoms with Crippen molar-refractivity contribution < 1.29 is 52.1 Å². The number of halogens is 1. The van der Waals surface area contributed by atoms with Crippen LogP contribution >= 0.6 is 11.6 Å². The topological polar surface area (TPSA) is 102 Å². The molecule has 0 aromatic rings. The highest BCUT2D eigenvalue weighted by Gasteiger charge is 1.96. The SMILES string of the molecule is CC(C)OCCOCCOCCOCCOCCOCCOCCOCCOCCOCCOCCCl. The maximum Gasteiger partial charge on any atom is 0.0703 e. The second-order valence-electron chi connectivity index (χ2n) is 7.73. The first-order chi connectivity index (χ1) is 18.3. The third-order valence-electron chi connectivity index (χ3n) is 4.25. The van der Waals surface area contributed by atoms with Crippen molar-refractivity contribution >= 4 is 11.6 Å². The first-order valence-electron chi connectivity index (χ1n) is 13.2. The molecule has 37 heavy (non-hydrogen) atoms. The Kier molecular flexibility index (Phi) is 33.7. The van der Waals surface area contributed by atoms with Crippen LogP contribution in [0.3, 0.4) is 0 Å². The minimum absolute atomic E-state index is 0.234. The maximum atomic E-state index is 5.50. The lowest BCUT2D eigenvalue weighted by atomic mass is 10.5. The van der Waals surface area contributed by atoms with Gasteiger partial charge in [-0.2, -0.15) is 0 Å². The molecule has 0 atom stereocenters. The number of rotatable bonds is 33. The summed E-state index contributed by atoms with van der Waals surface area (Å²) in [5, 5.41) is 0. The van der Waals surface area contributed by atoms with Crippen molar-refractivity contribution in [3.8, 4) is 0 Å². The van der Waals surface area contributed by atoms with Crippen LogP contribution < -0.4 is 0 Å². The zero-order valence-electron chi connectivity index (χ0n) is 23.0. The van der Waals surface area contributed by atoms with E-state index in [1.165, 1.54) is 0 Å². The molecular weight excluding hydrogens is 512 g/mol. The van der Waals surface area contributed by atoms with Gasteiger partial charge in [0.25, 0.3) is 0 Å². The molecule has 0 heterocycles. The van der Waals surface area contributed by atoms with Gasteiger partial charge >= 0.3 is 0 Å². The van der Waals surface area contributed by atoms with E-state index in [2.05, 4.69) is 0 Å². The number of hydrogen-bond acceptors (Lipinski definition) is 11. The summed E-state index contributed by atoms with van der Waals surface area (Å²) >= 11 is 5.50. The Hall–Kier alpha value is -0.150. The van der Waals surface area contributed by atoms with Crippen LogP contribution in [0.15, 0.2) is 0 Å². The quantitative estimate of drug-likeness (QED) is 0.0864. The molecule has 0 aromatic heterocycles. The van der Waals surface area contributed by atoms with Crippen molar-refractivity contribution in [2.45, 2.75) is 20.0 Å². The molecule has 12 heteroatoms. The van der Waals surface area contributed by atoms with Gasteiger partial charge in [0.1, 0.15) is 0 Å². The Morgan fingerprint density at radius 3 is 0.703 bits per heavy atom. The Morgan fingerprint density at radius 2 is 0.514 bits per heavy atom. The van der Waals surface area contributed by atoms with Gasteiger partial charge in [-0.25, -0.2) is 0 Å². The first-order valence-corrected chi connectivity index (χ1v) is 13.8. The zero-order valence-corrected chi connectivity index (χ0v) is 23.8. The summed E-state index contributed by atoms with van der Waals surface area (Å²) in [6.07, 6.45) is 0.234. The molecule has 0 fully saturated rings. The maximum absolute atomic E-state index is 5.50. The van der Waals surface area contributed by atoms with Crippen LogP contribution in [0.25, 0.3) is 0 Å². The van der Waals surface area contributed by atoms with Gasteiger partial charge in [-0.1, -0.05) is 0 Å². The van der Waals surface area contributed by atoms with Crippen LogP contribution in [-0.2, 0) is 52.1 Å². The summed E-state index contributed by atoms with van der Waals surface area (Å²) in [7, 11) is 0. The fraction of sp³-hybridized carbons (Fsp3) is 1.00. The summed E-state index contributed by atoms with van der Waals surface area (Å²) in [6, 6.07) is 0. The van der Waals surface area contributed by atoms with Gasteiger partial charge in [0.2, 0.25) is 0 Å². The smallest absolute Gasteiger partial charge is 0.0703 e. The van der Waals surface area contributed by atoms with Gasteiger partial charge in [-0.15, -0.1) is 11.6 Å². The molecule has 0 spiro atoms. The molecule has 0 unspecified atom stereocenters. The van der Waals surface area contributed by atoms with Crippen LogP contribution in [0.1, 0.15) is 13.8 Å². The van der Waals surface area contributed by atoms with Crippen LogP contribution in [-0.4, -0.2) is 151 Å². The number of alkyl halides is 1. The van der Waals surface area contributed by atoms with Gasteiger partial charge < -0.3 is 52.1 Å². The van der Waals surface area contributed by atoms with E-state index >= 15 is 0 Å². The zero-order chi connectivity index (χ0) is 26.9. The van der Waals surface area contributed by atoms with E-state index in [-0.39, 0.29) is 6.10 Å². The predicted molar refractivity (Wildman–Crippen MR) is 140 cm³/mol. The molecule has 0 rings (SSSR count). The first kappa shape index (κ1) is 36.8. The van der Waals surface area contributed by atoms with E-state index in [0.29, 0.717) is 145 Å². The molecule has 0 radical (unpaired) electrons. The normalized spacial score (nSPS) is 11.7. The molecule has 0 bridgehead atoms. The van der Waals surface area contributed by atoms with E-state index in [0.717, 1.165) is 0 Å². The molecule has 224 valence electrons. The molecule has 0 aromatic carbocycles. The number of hydrogen-bond donors (Lipinski definition) is 0. The molecule has 0 aliphatic carbocycles. The van der Waals surface area contributed by atoms with Crippen molar-refractivity contribution in [3.63, 3.8) is 0 Å². The molecule has 0 aliphatic heterocycles. The second kappa shape index (κ2) is 33.9. The van der Waals surface area contributed by atoms with Crippen LogP contribution in [0.5, 0.6) is 0 Å². The summed E-state index contributed by atoms with van der Waals surface area (Å²) < 4.78 is 59.4. The third-order valence-corrected chi connectivity index (χ3v) is 4.40. The summed E-state index contributed by atoms with van der Waals surface area (Å²) in [4.78, 5) is 0. The standard InChI is InChI=1S/C25H51ClO11/c1-25(2)37-24-23-36-22-21-35-20-19-34-18-17-33-16-15-32-14-13-31-12-11-30-10-9-29-8-7-28-6-5-27-4-3-26/h25H,3-24H2,1-2H3. The largest absolute Gasteiger partial charge is 0.378 e. The predicted octanol–water partition coefficient (Wildman–Crippen LogP) is 1.82. The van der Waals surface area contributed by atoms with Crippen molar-refractivity contribution in [3.05, 3.63) is 0 Å². The second-order valence-corrected chi connectivity index (χ2v) is 8.11. The van der Waals surface area contributed by atoms with E-state index < -0.39 is 0 Å². The van der Waals surface area contributed by atoms with Crippen LogP contribution in [0.4, 0.5) is 0 Å². The van der Waals surface area contributed by atoms with Gasteiger partial charge in [0.05, 0.1) is 145 Å². The van der Waals surface area contributed by atoms with Gasteiger partial charge in [-0.3, -0.25) is 0 Å². The van der Waals surface area contributed by atoms with Gasteiger partial charge in [0, 0.05) is 5.88 Å². The monoisotopic (exact) mass is 562 g/mol. The molecular formula is C25H51ClO11. The molecule has 0 aliphatic rings. The average Bonchev–Trinajstić information content (AvgIpc) is 2.89. The Balaban J connectivity index is 3.01. The third kappa shape index (κ3) is 35.9. The minimum atomic E-state index is 0.234. The Morgan fingerprint density at radius 1 is 0.324 bits per heavy atom. The highest BCUT2D eigenvalue weighted by molar-refractivity contribution is 6.17. The van der Waals surface area contributed by atoms with Gasteiger partial charge in [0.15, 0.2) is 0 Å². The average molecular weight is 563 g/mol. The van der Waals surface area contributed by atoms with E-state index in [9.17, 15) is 0 Å². The summed E-state index contributed by atoms with van der Waals surface area (Å²) in [5.41, 5.74) is 0. The fourth-order valence-corrected chi connectivity index (χ4v) is 2.59. The van der Waals surface area contributed by atoms with E-state index in [4.69, 9.17) is 63.7 Å². The lowest BCUT2D eigenvalue weighted by Gasteiger charge is -2.09. The minimum Gasteiger partial charge on any atom is -0.378 e. The lowest BCUT2D eigenvalue weighted by molar-refractivity contribution is -0.0285. The van der Waals surface area contributed by atoms with Crippen molar-refractivity contribution in [2.24, 2.45) is 0 Å². The summed E-state index contributed by atoms with van der Waals surface area (Å²) in [5.74, 6) is 0.500. The van der Waals surface area contributed by atoms with Crippen LogP contribution in [0.2, 0.25) is 0 Å². The highest BCUT2D eigenvalue weighted by Crippen LogP contribution is 1.89. The highest BCUT2D eigenvalue weighted by atomic mass is 35.5. The molecule has 11 nitrogen and oxygen atoms in total. The van der Waals surface area contributed by atoms with Crippen LogP contribution in [0, 0.1) is 0 Å². The lowest BCUT2D eigenvalue weighted by Crippen LogP contribution is -2.15. The van der Waals surface area contributed by atoms with Crippen molar-refractivity contribution in [1.29, 1.82) is 0 Å².